The number of hydrogen-bond acceptors (Lipinski definition) is 4. The van der Waals surface area contributed by atoms with Crippen LogP contribution in [0.1, 0.15) is 30.0 Å². The molecule has 5 nitrogen and oxygen atoms in total. The summed E-state index contributed by atoms with van der Waals surface area (Å²) in [5, 5.41) is 5.03. The van der Waals surface area contributed by atoms with Crippen LogP contribution in [0.15, 0.2) is 113 Å². The van der Waals surface area contributed by atoms with Gasteiger partial charge in [0.25, 0.3) is 5.56 Å². The van der Waals surface area contributed by atoms with Crippen molar-refractivity contribution in [2.75, 3.05) is 5.75 Å². The van der Waals surface area contributed by atoms with Crippen molar-refractivity contribution < 1.29 is 4.79 Å². The van der Waals surface area contributed by atoms with E-state index in [4.69, 9.17) is 28.2 Å². The first-order valence-electron chi connectivity index (χ1n) is 12.5. The van der Waals surface area contributed by atoms with E-state index in [-0.39, 0.29) is 17.5 Å². The van der Waals surface area contributed by atoms with Gasteiger partial charge < -0.3 is 5.32 Å². The smallest absolute Gasteiger partial charge is 0.266 e. The van der Waals surface area contributed by atoms with Gasteiger partial charge in [-0.3, -0.25) is 14.2 Å². The summed E-state index contributed by atoms with van der Waals surface area (Å²) in [6.07, 6.45) is 0.937. The highest BCUT2D eigenvalue weighted by Crippen LogP contribution is 2.28. The Kier molecular flexibility index (Phi) is 8.67. The molecule has 0 atom stereocenters. The fourth-order valence-electron chi connectivity index (χ4n) is 4.36. The summed E-state index contributed by atoms with van der Waals surface area (Å²) in [4.78, 5) is 31.2. The van der Waals surface area contributed by atoms with Gasteiger partial charge in [-0.1, -0.05) is 108 Å². The molecule has 0 aliphatic carbocycles. The normalized spacial score (nSPS) is 11.2. The van der Waals surface area contributed by atoms with Crippen LogP contribution in [-0.4, -0.2) is 21.2 Å². The molecule has 1 heterocycles. The highest BCUT2D eigenvalue weighted by molar-refractivity contribution is 7.99. The van der Waals surface area contributed by atoms with Crippen LogP contribution in [-0.2, 0) is 4.79 Å². The number of nitrogens with one attached hydrogen (secondary N) is 1. The third-order valence-electron chi connectivity index (χ3n) is 6.25. The Labute approximate surface area is 240 Å². The molecule has 5 aromatic rings. The summed E-state index contributed by atoms with van der Waals surface area (Å²) in [5.41, 5.74) is 2.96. The van der Waals surface area contributed by atoms with E-state index in [2.05, 4.69) is 5.32 Å². The lowest BCUT2D eigenvalue weighted by atomic mass is 9.98. The predicted molar refractivity (Wildman–Crippen MR) is 160 cm³/mol. The largest absolute Gasteiger partial charge is 0.345 e. The lowest BCUT2D eigenvalue weighted by molar-refractivity contribution is -0.121. The molecule has 1 N–H and O–H groups in total. The molecular formula is C31H25Cl2N3O2S. The third-order valence-corrected chi connectivity index (χ3v) is 7.81. The number of para-hydroxylation sites is 1. The average Bonchev–Trinajstić information content (AvgIpc) is 2.96. The quantitative estimate of drug-likeness (QED) is 0.113. The Bertz CT molecular complexity index is 1620. The number of hydrogen-bond donors (Lipinski definition) is 1. The van der Waals surface area contributed by atoms with Crippen LogP contribution in [0.2, 0.25) is 10.0 Å². The minimum atomic E-state index is -0.230. The number of aromatic nitrogens is 2. The fourth-order valence-corrected chi connectivity index (χ4v) is 5.80. The summed E-state index contributed by atoms with van der Waals surface area (Å²) in [5.74, 6) is 0.544. The lowest BCUT2D eigenvalue weighted by Gasteiger charge is -2.20. The second-order valence-corrected chi connectivity index (χ2v) is 10.8. The number of rotatable bonds is 9. The van der Waals surface area contributed by atoms with E-state index in [0.29, 0.717) is 50.4 Å². The van der Waals surface area contributed by atoms with E-state index in [9.17, 15) is 9.59 Å². The minimum Gasteiger partial charge on any atom is -0.345 e. The summed E-state index contributed by atoms with van der Waals surface area (Å²) in [6, 6.07) is 31.9. The molecule has 8 heteroatoms. The summed E-state index contributed by atoms with van der Waals surface area (Å²) < 4.78 is 1.52. The monoisotopic (exact) mass is 573 g/mol. The topological polar surface area (TPSA) is 64.0 Å². The van der Waals surface area contributed by atoms with Crippen molar-refractivity contribution in [3.63, 3.8) is 0 Å². The van der Waals surface area contributed by atoms with Crippen LogP contribution < -0.4 is 10.9 Å². The number of carbonyl (C=O) groups is 1. The van der Waals surface area contributed by atoms with Crippen molar-refractivity contribution >= 4 is 51.8 Å². The van der Waals surface area contributed by atoms with Crippen molar-refractivity contribution in [1.29, 1.82) is 0 Å². The van der Waals surface area contributed by atoms with E-state index >= 15 is 0 Å². The molecule has 0 fully saturated rings. The highest BCUT2D eigenvalue weighted by atomic mass is 35.5. The van der Waals surface area contributed by atoms with Gasteiger partial charge in [0, 0.05) is 17.2 Å². The SMILES string of the molecule is O=C(CCCSc1nc2ccccc2c(=O)n1-c1ccc(Cl)cc1Cl)NC(c1ccccc1)c1ccccc1. The Morgan fingerprint density at radius 2 is 1.51 bits per heavy atom. The molecule has 0 bridgehead atoms. The molecule has 0 radical (unpaired) electrons. The molecule has 196 valence electrons. The number of fused-ring (bicyclic) bond motifs is 1. The van der Waals surface area contributed by atoms with Crippen molar-refractivity contribution in [3.05, 3.63) is 135 Å². The predicted octanol–water partition coefficient (Wildman–Crippen LogP) is 7.47. The third kappa shape index (κ3) is 6.36. The van der Waals surface area contributed by atoms with Gasteiger partial charge in [0.05, 0.1) is 27.7 Å². The molecule has 5 rings (SSSR count). The molecule has 1 aromatic heterocycles. The molecular weight excluding hydrogens is 549 g/mol. The molecule has 1 amide bonds. The molecule has 39 heavy (non-hydrogen) atoms. The van der Waals surface area contributed by atoms with Crippen LogP contribution >= 0.6 is 35.0 Å². The van der Waals surface area contributed by atoms with E-state index in [1.165, 1.54) is 16.3 Å². The maximum atomic E-state index is 13.5. The first kappa shape index (κ1) is 27.0. The second-order valence-electron chi connectivity index (χ2n) is 8.92. The lowest BCUT2D eigenvalue weighted by Crippen LogP contribution is -2.29. The standard InChI is InChI=1S/C31H25Cl2N3O2S/c32-23-17-18-27(25(33)20-23)36-30(38)24-14-7-8-15-26(24)34-31(36)39-19-9-16-28(37)35-29(21-10-3-1-4-11-21)22-12-5-2-6-13-22/h1-8,10-15,17-18,20,29H,9,16,19H2,(H,35,37). The summed E-state index contributed by atoms with van der Waals surface area (Å²) in [7, 11) is 0. The molecule has 0 unspecified atom stereocenters. The first-order valence-corrected chi connectivity index (χ1v) is 14.2. The maximum Gasteiger partial charge on any atom is 0.266 e. The van der Waals surface area contributed by atoms with Gasteiger partial charge in [-0.2, -0.15) is 0 Å². The zero-order valence-electron chi connectivity index (χ0n) is 20.9. The molecule has 0 saturated heterocycles. The van der Waals surface area contributed by atoms with Crippen LogP contribution in [0.25, 0.3) is 16.6 Å². The van der Waals surface area contributed by atoms with Gasteiger partial charge in [-0.05, 0) is 47.9 Å². The van der Waals surface area contributed by atoms with Gasteiger partial charge in [-0.25, -0.2) is 4.98 Å². The van der Waals surface area contributed by atoms with Gasteiger partial charge in [0.1, 0.15) is 0 Å². The highest BCUT2D eigenvalue weighted by Gasteiger charge is 2.18. The number of thioether (sulfide) groups is 1. The number of carbonyl (C=O) groups excluding carboxylic acids is 1. The van der Waals surface area contributed by atoms with Crippen LogP contribution in [0.4, 0.5) is 0 Å². The zero-order chi connectivity index (χ0) is 27.2. The second kappa shape index (κ2) is 12.5. The van der Waals surface area contributed by atoms with Crippen LogP contribution in [0, 0.1) is 0 Å². The zero-order valence-corrected chi connectivity index (χ0v) is 23.2. The van der Waals surface area contributed by atoms with Gasteiger partial charge >= 0.3 is 0 Å². The van der Waals surface area contributed by atoms with Crippen LogP contribution in [0.3, 0.4) is 0 Å². The molecule has 0 spiro atoms. The summed E-state index contributed by atoms with van der Waals surface area (Å²) in [6.45, 7) is 0. The number of amides is 1. The van der Waals surface area contributed by atoms with Crippen molar-refractivity contribution in [2.45, 2.75) is 24.0 Å². The van der Waals surface area contributed by atoms with E-state index in [1.807, 2.05) is 78.9 Å². The van der Waals surface area contributed by atoms with Gasteiger partial charge in [0.15, 0.2) is 5.16 Å². The van der Waals surface area contributed by atoms with Crippen molar-refractivity contribution in [1.82, 2.24) is 14.9 Å². The van der Waals surface area contributed by atoms with Gasteiger partial charge in [0.2, 0.25) is 5.91 Å². The van der Waals surface area contributed by atoms with Gasteiger partial charge in [-0.15, -0.1) is 0 Å². The Hall–Kier alpha value is -3.58. The molecule has 0 aliphatic heterocycles. The fraction of sp³-hybridized carbons (Fsp3) is 0.129. The number of halogens is 2. The van der Waals surface area contributed by atoms with E-state index < -0.39 is 0 Å². The van der Waals surface area contributed by atoms with E-state index in [0.717, 1.165) is 11.1 Å². The Morgan fingerprint density at radius 3 is 2.18 bits per heavy atom. The van der Waals surface area contributed by atoms with Crippen molar-refractivity contribution in [2.24, 2.45) is 0 Å². The van der Waals surface area contributed by atoms with Crippen molar-refractivity contribution in [3.8, 4) is 5.69 Å². The van der Waals surface area contributed by atoms with E-state index in [1.54, 1.807) is 24.3 Å². The Morgan fingerprint density at radius 1 is 0.872 bits per heavy atom. The number of nitrogens with zero attached hydrogens (tertiary/aromatic N) is 2. The average molecular weight is 575 g/mol. The Balaban J connectivity index is 1.32. The molecule has 0 saturated carbocycles. The molecule has 0 aliphatic rings. The minimum absolute atomic E-state index is 0.0436. The number of benzene rings is 4. The first-order chi connectivity index (χ1) is 19.0. The van der Waals surface area contributed by atoms with Crippen LogP contribution in [0.5, 0.6) is 0 Å². The summed E-state index contributed by atoms with van der Waals surface area (Å²) >= 11 is 14.0. The molecule has 4 aromatic carbocycles. The maximum absolute atomic E-state index is 13.5.